The van der Waals surface area contributed by atoms with E-state index in [2.05, 4.69) is 26.0 Å². The fourth-order valence-electron chi connectivity index (χ4n) is 3.42. The molecule has 3 amide bonds. The van der Waals surface area contributed by atoms with Crippen molar-refractivity contribution in [2.45, 2.75) is 18.6 Å². The lowest BCUT2D eigenvalue weighted by Gasteiger charge is -2.19. The number of hydrogen-bond acceptors (Lipinski definition) is 7. The van der Waals surface area contributed by atoms with Crippen LogP contribution in [-0.4, -0.2) is 61.4 Å². The Balaban J connectivity index is 1.43. The number of rotatable bonds is 12. The van der Waals surface area contributed by atoms with Gasteiger partial charge in [-0.25, -0.2) is 9.59 Å². The highest BCUT2D eigenvalue weighted by Gasteiger charge is 2.12. The molecule has 10 nitrogen and oxygen atoms in total. The molecule has 0 aromatic heterocycles. The second-order valence-corrected chi connectivity index (χ2v) is 8.24. The number of urea groups is 1. The molecule has 0 aliphatic rings. The van der Waals surface area contributed by atoms with Crippen LogP contribution >= 0.6 is 0 Å². The van der Waals surface area contributed by atoms with E-state index < -0.39 is 18.2 Å². The fraction of sp³-hybridized carbons (Fsp3) is 0.259. The molecular formula is C27H32N4O6. The summed E-state index contributed by atoms with van der Waals surface area (Å²) < 4.78 is 10.1. The van der Waals surface area contributed by atoms with Gasteiger partial charge in [-0.2, -0.15) is 0 Å². The van der Waals surface area contributed by atoms with Gasteiger partial charge in [-0.1, -0.05) is 36.4 Å². The van der Waals surface area contributed by atoms with Crippen LogP contribution in [0.4, 0.5) is 26.7 Å². The maximum Gasteiger partial charge on any atom is 0.411 e. The third-order valence-electron chi connectivity index (χ3n) is 5.29. The monoisotopic (exact) mass is 508 g/mol. The standard InChI is InChI=1S/C27H32N4O6/c1-36-27(35)31-22-7-5-6-21(15-22)30-26(34)29-20-12-10-19(11-13-20)14-23(17-32)28-16-24(33)18-37-25-8-3-2-4-9-25/h2-13,15,23-24,28,32-33H,14,16-18H2,1H3,(H,31,35)(H2,29,30,34)/t23-,24-/m0/s1. The first-order chi connectivity index (χ1) is 17.9. The number of benzene rings is 3. The molecule has 0 saturated heterocycles. The molecular weight excluding hydrogens is 476 g/mol. The lowest BCUT2D eigenvalue weighted by molar-refractivity contribution is 0.0997. The molecule has 0 spiro atoms. The molecule has 0 heterocycles. The van der Waals surface area contributed by atoms with Gasteiger partial charge in [0.1, 0.15) is 18.5 Å². The summed E-state index contributed by atoms with van der Waals surface area (Å²) >= 11 is 0. The maximum absolute atomic E-state index is 12.4. The van der Waals surface area contributed by atoms with Gasteiger partial charge in [0, 0.05) is 29.6 Å². The summed E-state index contributed by atoms with van der Waals surface area (Å²) in [6.45, 7) is 0.316. The number of para-hydroxylation sites is 1. The van der Waals surface area contributed by atoms with Crippen LogP contribution in [0, 0.1) is 0 Å². The van der Waals surface area contributed by atoms with Gasteiger partial charge >= 0.3 is 12.1 Å². The summed E-state index contributed by atoms with van der Waals surface area (Å²) in [6, 6.07) is 22.5. The number of carbonyl (C=O) groups excluding carboxylic acids is 2. The first-order valence-corrected chi connectivity index (χ1v) is 11.8. The van der Waals surface area contributed by atoms with Crippen LogP contribution in [0.2, 0.25) is 0 Å². The molecule has 0 saturated carbocycles. The lowest BCUT2D eigenvalue weighted by Crippen LogP contribution is -2.41. The van der Waals surface area contributed by atoms with Crippen molar-refractivity contribution in [1.82, 2.24) is 5.32 Å². The highest BCUT2D eigenvalue weighted by Crippen LogP contribution is 2.17. The molecule has 196 valence electrons. The number of methoxy groups -OCH3 is 1. The molecule has 0 aliphatic carbocycles. The number of amides is 3. The number of nitrogens with one attached hydrogen (secondary N) is 4. The molecule has 0 fully saturated rings. The summed E-state index contributed by atoms with van der Waals surface area (Å²) in [5.74, 6) is 0.687. The van der Waals surface area contributed by atoms with E-state index in [1.807, 2.05) is 42.5 Å². The highest BCUT2D eigenvalue weighted by atomic mass is 16.5. The van der Waals surface area contributed by atoms with Crippen LogP contribution in [0.1, 0.15) is 5.56 Å². The largest absolute Gasteiger partial charge is 0.491 e. The number of ether oxygens (including phenoxy) is 2. The van der Waals surface area contributed by atoms with Crippen LogP contribution in [0.3, 0.4) is 0 Å². The summed E-state index contributed by atoms with van der Waals surface area (Å²) in [4.78, 5) is 23.7. The van der Waals surface area contributed by atoms with E-state index in [-0.39, 0.29) is 25.8 Å². The van der Waals surface area contributed by atoms with E-state index in [0.29, 0.717) is 29.2 Å². The summed E-state index contributed by atoms with van der Waals surface area (Å²) in [7, 11) is 1.27. The van der Waals surface area contributed by atoms with Crippen LogP contribution in [-0.2, 0) is 11.2 Å². The maximum atomic E-state index is 12.4. The van der Waals surface area contributed by atoms with E-state index in [0.717, 1.165) is 5.56 Å². The van der Waals surface area contributed by atoms with Crippen LogP contribution in [0.5, 0.6) is 5.75 Å². The minimum absolute atomic E-state index is 0.0986. The number of hydrogen-bond donors (Lipinski definition) is 6. The lowest BCUT2D eigenvalue weighted by atomic mass is 10.1. The predicted octanol–water partition coefficient (Wildman–Crippen LogP) is 3.44. The molecule has 37 heavy (non-hydrogen) atoms. The molecule has 3 aromatic carbocycles. The molecule has 0 unspecified atom stereocenters. The van der Waals surface area contributed by atoms with E-state index in [1.165, 1.54) is 7.11 Å². The van der Waals surface area contributed by atoms with Crippen molar-refractivity contribution in [3.8, 4) is 5.75 Å². The third-order valence-corrected chi connectivity index (χ3v) is 5.29. The van der Waals surface area contributed by atoms with Crippen molar-refractivity contribution in [1.29, 1.82) is 0 Å². The van der Waals surface area contributed by atoms with Gasteiger partial charge in [0.05, 0.1) is 13.7 Å². The minimum atomic E-state index is -0.726. The Hall–Kier alpha value is -4.12. The van der Waals surface area contributed by atoms with Gasteiger partial charge in [-0.3, -0.25) is 5.32 Å². The first-order valence-electron chi connectivity index (χ1n) is 11.8. The number of carbonyl (C=O) groups is 2. The van der Waals surface area contributed by atoms with Crippen molar-refractivity contribution < 1.29 is 29.3 Å². The van der Waals surface area contributed by atoms with Gasteiger partial charge in [0.2, 0.25) is 0 Å². The van der Waals surface area contributed by atoms with Crippen molar-refractivity contribution >= 4 is 29.2 Å². The quantitative estimate of drug-likeness (QED) is 0.220. The van der Waals surface area contributed by atoms with Gasteiger partial charge in [0.25, 0.3) is 0 Å². The van der Waals surface area contributed by atoms with Crippen molar-refractivity contribution in [2.24, 2.45) is 0 Å². The molecule has 0 aliphatic heterocycles. The van der Waals surface area contributed by atoms with Crippen molar-refractivity contribution in [3.05, 3.63) is 84.4 Å². The van der Waals surface area contributed by atoms with Gasteiger partial charge in [0.15, 0.2) is 0 Å². The average Bonchev–Trinajstić information content (AvgIpc) is 2.91. The van der Waals surface area contributed by atoms with E-state index in [1.54, 1.807) is 36.4 Å². The summed E-state index contributed by atoms with van der Waals surface area (Å²) in [5, 5.41) is 31.1. The normalized spacial score (nSPS) is 12.2. The number of aliphatic hydroxyl groups is 2. The second-order valence-electron chi connectivity index (χ2n) is 8.24. The molecule has 2 atom stereocenters. The Morgan fingerprint density at radius 3 is 2.22 bits per heavy atom. The zero-order valence-electron chi connectivity index (χ0n) is 20.5. The minimum Gasteiger partial charge on any atom is -0.491 e. The zero-order valence-corrected chi connectivity index (χ0v) is 20.5. The first kappa shape index (κ1) is 27.5. The Kier molecular flexibility index (Phi) is 10.7. The van der Waals surface area contributed by atoms with E-state index in [4.69, 9.17) is 4.74 Å². The van der Waals surface area contributed by atoms with Crippen molar-refractivity contribution in [3.63, 3.8) is 0 Å². The summed E-state index contributed by atoms with van der Waals surface area (Å²) in [6.07, 6.45) is -0.792. The van der Waals surface area contributed by atoms with E-state index in [9.17, 15) is 19.8 Å². The molecule has 0 radical (unpaired) electrons. The molecule has 10 heteroatoms. The summed E-state index contributed by atoms with van der Waals surface area (Å²) in [5.41, 5.74) is 2.52. The third kappa shape index (κ3) is 9.80. The zero-order chi connectivity index (χ0) is 26.5. The topological polar surface area (TPSA) is 141 Å². The van der Waals surface area contributed by atoms with Crippen LogP contribution < -0.4 is 26.0 Å². The van der Waals surface area contributed by atoms with Crippen molar-refractivity contribution in [2.75, 3.05) is 42.8 Å². The molecule has 6 N–H and O–H groups in total. The van der Waals surface area contributed by atoms with Gasteiger partial charge < -0.3 is 35.6 Å². The highest BCUT2D eigenvalue weighted by molar-refractivity contribution is 6.00. The SMILES string of the molecule is COC(=O)Nc1cccc(NC(=O)Nc2ccc(C[C@@H](CO)NC[C@H](O)COc3ccccc3)cc2)c1. The average molecular weight is 509 g/mol. The van der Waals surface area contributed by atoms with Crippen LogP contribution in [0.15, 0.2) is 78.9 Å². The molecule has 3 aromatic rings. The van der Waals surface area contributed by atoms with Gasteiger partial charge in [-0.15, -0.1) is 0 Å². The number of aliphatic hydroxyl groups excluding tert-OH is 2. The second kappa shape index (κ2) is 14.4. The Labute approximate surface area is 215 Å². The smallest absolute Gasteiger partial charge is 0.411 e. The Morgan fingerprint density at radius 2 is 1.54 bits per heavy atom. The van der Waals surface area contributed by atoms with Gasteiger partial charge in [-0.05, 0) is 54.4 Å². The van der Waals surface area contributed by atoms with Crippen LogP contribution in [0.25, 0.3) is 0 Å². The Bertz CT molecular complexity index is 1130. The Morgan fingerprint density at radius 1 is 0.865 bits per heavy atom. The fourth-order valence-corrected chi connectivity index (χ4v) is 3.42. The van der Waals surface area contributed by atoms with E-state index >= 15 is 0 Å². The number of anilines is 3. The molecule has 3 rings (SSSR count). The predicted molar refractivity (Wildman–Crippen MR) is 142 cm³/mol. The molecule has 0 bridgehead atoms.